The average molecular weight is 289 g/mol. The van der Waals surface area contributed by atoms with E-state index in [0.717, 1.165) is 25.9 Å². The molecule has 0 spiro atoms. The molecule has 1 aromatic rings. The predicted molar refractivity (Wildman–Crippen MR) is 70.1 cm³/mol. The fraction of sp³-hybridized carbons (Fsp3) is 0.571. The number of ether oxygens (including phenoxy) is 2. The highest BCUT2D eigenvalue weighted by atomic mass is 19.4. The minimum absolute atomic E-state index is 0.202. The number of rotatable bonds is 4. The van der Waals surface area contributed by atoms with Crippen molar-refractivity contribution in [2.75, 3.05) is 25.1 Å². The van der Waals surface area contributed by atoms with Crippen LogP contribution in [0, 0.1) is 0 Å². The Kier molecular flexibility index (Phi) is 5.11. The van der Waals surface area contributed by atoms with E-state index in [4.69, 9.17) is 9.47 Å². The molecule has 1 aliphatic rings. The zero-order valence-electron chi connectivity index (χ0n) is 11.1. The van der Waals surface area contributed by atoms with E-state index in [2.05, 4.69) is 5.32 Å². The zero-order valence-corrected chi connectivity index (χ0v) is 11.1. The van der Waals surface area contributed by atoms with Gasteiger partial charge < -0.3 is 14.8 Å². The van der Waals surface area contributed by atoms with Crippen LogP contribution in [0.25, 0.3) is 0 Å². The summed E-state index contributed by atoms with van der Waals surface area (Å²) in [5, 5.41) is 3.25. The molecular weight excluding hydrogens is 271 g/mol. The summed E-state index contributed by atoms with van der Waals surface area (Å²) in [6, 6.07) is 6.91. The molecule has 0 aliphatic carbocycles. The fourth-order valence-electron chi connectivity index (χ4n) is 2.14. The standard InChI is InChI=1S/C14H18F3NO2/c15-14(16,17)10-20-13-6-2-1-5-12(13)18-11-4-3-8-19-9-7-11/h1-2,5-6,11,18H,3-4,7-10H2. The predicted octanol–water partition coefficient (Wildman–Crippen LogP) is 3.61. The second kappa shape index (κ2) is 6.83. The quantitative estimate of drug-likeness (QED) is 0.918. The number of alkyl halides is 3. The van der Waals surface area contributed by atoms with Crippen molar-refractivity contribution < 1.29 is 22.6 Å². The smallest absolute Gasteiger partial charge is 0.422 e. The van der Waals surface area contributed by atoms with Gasteiger partial charge in [0.05, 0.1) is 5.69 Å². The lowest BCUT2D eigenvalue weighted by Gasteiger charge is -2.20. The van der Waals surface area contributed by atoms with Gasteiger partial charge in [0.25, 0.3) is 0 Å². The van der Waals surface area contributed by atoms with Crippen molar-refractivity contribution in [1.29, 1.82) is 0 Å². The Morgan fingerprint density at radius 1 is 1.20 bits per heavy atom. The monoisotopic (exact) mass is 289 g/mol. The summed E-state index contributed by atoms with van der Waals surface area (Å²) in [6.07, 6.45) is -1.60. The highest BCUT2D eigenvalue weighted by Gasteiger charge is 2.29. The molecule has 1 aromatic carbocycles. The molecule has 112 valence electrons. The molecule has 3 nitrogen and oxygen atoms in total. The van der Waals surface area contributed by atoms with Gasteiger partial charge in [-0.25, -0.2) is 0 Å². The van der Waals surface area contributed by atoms with Gasteiger partial charge in [0.1, 0.15) is 5.75 Å². The number of benzene rings is 1. The third-order valence-electron chi connectivity index (χ3n) is 3.09. The number of hydrogen-bond acceptors (Lipinski definition) is 3. The van der Waals surface area contributed by atoms with Gasteiger partial charge in [0, 0.05) is 19.3 Å². The van der Waals surface area contributed by atoms with Gasteiger partial charge in [-0.2, -0.15) is 13.2 Å². The van der Waals surface area contributed by atoms with Crippen molar-refractivity contribution in [2.24, 2.45) is 0 Å². The largest absolute Gasteiger partial charge is 0.482 e. The topological polar surface area (TPSA) is 30.5 Å². The van der Waals surface area contributed by atoms with E-state index in [1.54, 1.807) is 24.3 Å². The summed E-state index contributed by atoms with van der Waals surface area (Å²) in [5.74, 6) is 0.231. The molecule has 1 fully saturated rings. The van der Waals surface area contributed by atoms with Crippen LogP contribution in [0.1, 0.15) is 19.3 Å². The van der Waals surface area contributed by atoms with Gasteiger partial charge in [-0.15, -0.1) is 0 Å². The van der Waals surface area contributed by atoms with Gasteiger partial charge in [-0.05, 0) is 31.4 Å². The van der Waals surface area contributed by atoms with Crippen LogP contribution in [0.3, 0.4) is 0 Å². The maximum absolute atomic E-state index is 12.2. The molecule has 6 heteroatoms. The van der Waals surface area contributed by atoms with Gasteiger partial charge in [0.15, 0.2) is 6.61 Å². The number of halogens is 3. The molecule has 0 saturated carbocycles. The fourth-order valence-corrected chi connectivity index (χ4v) is 2.14. The maximum atomic E-state index is 12.2. The number of para-hydroxylation sites is 2. The van der Waals surface area contributed by atoms with Crippen LogP contribution in [0.15, 0.2) is 24.3 Å². The third-order valence-corrected chi connectivity index (χ3v) is 3.09. The van der Waals surface area contributed by atoms with Crippen LogP contribution in [0.5, 0.6) is 5.75 Å². The van der Waals surface area contributed by atoms with E-state index in [1.807, 2.05) is 0 Å². The summed E-state index contributed by atoms with van der Waals surface area (Å²) >= 11 is 0. The van der Waals surface area contributed by atoms with Gasteiger partial charge in [-0.1, -0.05) is 12.1 Å². The van der Waals surface area contributed by atoms with Crippen molar-refractivity contribution in [2.45, 2.75) is 31.5 Å². The number of nitrogens with one attached hydrogen (secondary N) is 1. The van der Waals surface area contributed by atoms with Gasteiger partial charge in [-0.3, -0.25) is 0 Å². The summed E-state index contributed by atoms with van der Waals surface area (Å²) in [7, 11) is 0. The molecular formula is C14H18F3NO2. The highest BCUT2D eigenvalue weighted by Crippen LogP contribution is 2.28. The minimum Gasteiger partial charge on any atom is -0.482 e. The van der Waals surface area contributed by atoms with E-state index >= 15 is 0 Å². The van der Waals surface area contributed by atoms with Crippen molar-refractivity contribution in [1.82, 2.24) is 0 Å². The first kappa shape index (κ1) is 15.0. The zero-order chi connectivity index (χ0) is 14.4. The van der Waals surface area contributed by atoms with Crippen molar-refractivity contribution in [3.8, 4) is 5.75 Å². The lowest BCUT2D eigenvalue weighted by atomic mass is 10.1. The molecule has 0 amide bonds. The van der Waals surface area contributed by atoms with Gasteiger partial charge in [0.2, 0.25) is 0 Å². The van der Waals surface area contributed by atoms with Crippen LogP contribution < -0.4 is 10.1 Å². The molecule has 20 heavy (non-hydrogen) atoms. The van der Waals surface area contributed by atoms with E-state index < -0.39 is 12.8 Å². The second-order valence-electron chi connectivity index (χ2n) is 4.78. The first-order valence-electron chi connectivity index (χ1n) is 6.67. The third kappa shape index (κ3) is 4.92. The molecule has 1 heterocycles. The molecule has 2 rings (SSSR count). The Morgan fingerprint density at radius 3 is 2.80 bits per heavy atom. The Bertz CT molecular complexity index is 415. The van der Waals surface area contributed by atoms with E-state index in [9.17, 15) is 13.2 Å². The molecule has 0 aromatic heterocycles. The van der Waals surface area contributed by atoms with Crippen molar-refractivity contribution in [3.63, 3.8) is 0 Å². The van der Waals surface area contributed by atoms with Crippen LogP contribution in [0.2, 0.25) is 0 Å². The summed E-state index contributed by atoms with van der Waals surface area (Å²) in [4.78, 5) is 0. The Morgan fingerprint density at radius 2 is 2.00 bits per heavy atom. The minimum atomic E-state index is -4.33. The first-order chi connectivity index (χ1) is 9.54. The highest BCUT2D eigenvalue weighted by molar-refractivity contribution is 5.56. The normalized spacial score (nSPS) is 20.2. The Labute approximate surface area is 116 Å². The molecule has 1 unspecified atom stereocenters. The lowest BCUT2D eigenvalue weighted by Crippen LogP contribution is -2.22. The molecule has 0 radical (unpaired) electrons. The molecule has 1 atom stereocenters. The first-order valence-corrected chi connectivity index (χ1v) is 6.67. The number of hydrogen-bond donors (Lipinski definition) is 1. The Hall–Kier alpha value is -1.43. The average Bonchev–Trinajstić information content (AvgIpc) is 2.65. The van der Waals surface area contributed by atoms with Crippen molar-refractivity contribution >= 4 is 5.69 Å². The van der Waals surface area contributed by atoms with Crippen LogP contribution in [0.4, 0.5) is 18.9 Å². The van der Waals surface area contributed by atoms with Crippen LogP contribution >= 0.6 is 0 Å². The second-order valence-corrected chi connectivity index (χ2v) is 4.78. The molecule has 0 bridgehead atoms. The molecule has 1 saturated heterocycles. The Balaban J connectivity index is 1.99. The van der Waals surface area contributed by atoms with E-state index in [0.29, 0.717) is 12.3 Å². The van der Waals surface area contributed by atoms with Gasteiger partial charge >= 0.3 is 6.18 Å². The van der Waals surface area contributed by atoms with Crippen molar-refractivity contribution in [3.05, 3.63) is 24.3 Å². The summed E-state index contributed by atoms with van der Waals surface area (Å²) < 4.78 is 46.9. The molecule has 1 aliphatic heterocycles. The SMILES string of the molecule is FC(F)(F)COc1ccccc1NC1CCCOCC1. The van der Waals surface area contributed by atoms with E-state index in [-0.39, 0.29) is 11.8 Å². The lowest BCUT2D eigenvalue weighted by molar-refractivity contribution is -0.153. The molecule has 1 N–H and O–H groups in total. The van der Waals surface area contributed by atoms with E-state index in [1.165, 1.54) is 0 Å². The summed E-state index contributed by atoms with van der Waals surface area (Å²) in [5.41, 5.74) is 0.601. The van der Waals surface area contributed by atoms with Crippen LogP contribution in [-0.2, 0) is 4.74 Å². The summed E-state index contributed by atoms with van der Waals surface area (Å²) in [6.45, 7) is 0.132. The maximum Gasteiger partial charge on any atom is 0.422 e. The number of anilines is 1. The van der Waals surface area contributed by atoms with Crippen LogP contribution in [-0.4, -0.2) is 32.0 Å².